The summed E-state index contributed by atoms with van der Waals surface area (Å²) >= 11 is 0. The van der Waals surface area contributed by atoms with Crippen molar-refractivity contribution in [2.24, 2.45) is 0 Å². The Kier molecular flexibility index (Phi) is 2.67. The molecule has 0 bridgehead atoms. The topological polar surface area (TPSA) is 86.7 Å². The molecule has 1 aliphatic carbocycles. The first-order valence-corrected chi connectivity index (χ1v) is 5.37. The maximum absolute atomic E-state index is 12.0. The zero-order valence-electron chi connectivity index (χ0n) is 8.86. The molecular weight excluding hydrogens is 212 g/mol. The van der Waals surface area contributed by atoms with E-state index < -0.39 is 17.5 Å². The Hall–Kier alpha value is -1.43. The van der Waals surface area contributed by atoms with Crippen LogP contribution in [0.5, 0.6) is 0 Å². The Morgan fingerprint density at radius 2 is 1.94 bits per heavy atom. The smallest absolute Gasteiger partial charge is 0.414 e. The molecule has 2 fully saturated rings. The Morgan fingerprint density at radius 3 is 2.50 bits per heavy atom. The van der Waals surface area contributed by atoms with Gasteiger partial charge in [-0.2, -0.15) is 0 Å². The van der Waals surface area contributed by atoms with Gasteiger partial charge < -0.3 is 10.4 Å². The number of nitrogens with zero attached hydrogens (tertiary/aromatic N) is 1. The highest BCUT2D eigenvalue weighted by molar-refractivity contribution is 5.99. The van der Waals surface area contributed by atoms with Crippen molar-refractivity contribution < 1.29 is 19.5 Å². The fourth-order valence-electron chi connectivity index (χ4n) is 2.37. The molecule has 0 aromatic carbocycles. The van der Waals surface area contributed by atoms with Crippen LogP contribution in [0.3, 0.4) is 0 Å². The normalized spacial score (nSPS) is 24.9. The summed E-state index contributed by atoms with van der Waals surface area (Å²) in [6, 6.07) is 0. The molecule has 0 unspecified atom stereocenters. The van der Waals surface area contributed by atoms with Crippen LogP contribution < -0.4 is 5.32 Å². The lowest BCUT2D eigenvalue weighted by molar-refractivity contribution is -0.141. The van der Waals surface area contributed by atoms with E-state index in [-0.39, 0.29) is 12.3 Å². The lowest BCUT2D eigenvalue weighted by Gasteiger charge is -2.42. The highest BCUT2D eigenvalue weighted by atomic mass is 16.4. The van der Waals surface area contributed by atoms with Gasteiger partial charge >= 0.3 is 6.09 Å². The number of hydrogen-bond donors (Lipinski definition) is 2. The van der Waals surface area contributed by atoms with Gasteiger partial charge in [-0.3, -0.25) is 9.59 Å². The number of carbonyl (C=O) groups excluding carboxylic acids is 2. The summed E-state index contributed by atoms with van der Waals surface area (Å²) in [4.78, 5) is 34.9. The first kappa shape index (κ1) is 11.1. The molecule has 2 aliphatic rings. The number of nitrogens with one attached hydrogen (secondary N) is 1. The summed E-state index contributed by atoms with van der Waals surface area (Å²) in [5, 5.41) is 12.0. The van der Waals surface area contributed by atoms with Crippen LogP contribution in [-0.2, 0) is 9.59 Å². The second-order valence-electron chi connectivity index (χ2n) is 4.29. The van der Waals surface area contributed by atoms with Gasteiger partial charge in [0.25, 0.3) is 5.91 Å². The molecule has 16 heavy (non-hydrogen) atoms. The molecule has 1 heterocycles. The molecule has 6 heteroatoms. The fourth-order valence-corrected chi connectivity index (χ4v) is 2.37. The van der Waals surface area contributed by atoms with E-state index >= 15 is 0 Å². The van der Waals surface area contributed by atoms with Gasteiger partial charge in [-0.1, -0.05) is 0 Å². The van der Waals surface area contributed by atoms with Gasteiger partial charge in [0.15, 0.2) is 0 Å². The number of imide groups is 1. The predicted molar refractivity (Wildman–Crippen MR) is 53.9 cm³/mol. The van der Waals surface area contributed by atoms with Gasteiger partial charge in [-0.05, 0) is 12.8 Å². The summed E-state index contributed by atoms with van der Waals surface area (Å²) in [5.41, 5.74) is -0.815. The standard InChI is InChI=1S/C10H14N2O4/c13-7-1-3-10(4-2-7)8(14)12(9(15)16)6-5-11-10/h11H,1-6H2,(H,15,16). The minimum absolute atomic E-state index is 0.146. The molecule has 0 aromatic heterocycles. The molecule has 88 valence electrons. The molecule has 1 spiro atoms. The van der Waals surface area contributed by atoms with Crippen LogP contribution in [0, 0.1) is 0 Å². The molecule has 1 aliphatic heterocycles. The number of rotatable bonds is 0. The number of hydrogen-bond acceptors (Lipinski definition) is 4. The zero-order valence-corrected chi connectivity index (χ0v) is 8.86. The van der Waals surface area contributed by atoms with Crippen LogP contribution in [0.15, 0.2) is 0 Å². The Morgan fingerprint density at radius 1 is 1.31 bits per heavy atom. The van der Waals surface area contributed by atoms with Crippen LogP contribution >= 0.6 is 0 Å². The first-order valence-electron chi connectivity index (χ1n) is 5.37. The highest BCUT2D eigenvalue weighted by Gasteiger charge is 2.47. The lowest BCUT2D eigenvalue weighted by Crippen LogP contribution is -2.66. The quantitative estimate of drug-likeness (QED) is 0.606. The summed E-state index contributed by atoms with van der Waals surface area (Å²) in [5.74, 6) is -0.258. The lowest BCUT2D eigenvalue weighted by atomic mass is 9.79. The number of amides is 2. The zero-order chi connectivity index (χ0) is 11.8. The summed E-state index contributed by atoms with van der Waals surface area (Å²) in [6.45, 7) is 0.649. The minimum Gasteiger partial charge on any atom is -0.465 e. The molecule has 2 rings (SSSR count). The SMILES string of the molecule is O=C1CCC2(CC1)NCCN(C(=O)O)C2=O. The van der Waals surface area contributed by atoms with Crippen LogP contribution in [0.1, 0.15) is 25.7 Å². The van der Waals surface area contributed by atoms with E-state index in [2.05, 4.69) is 5.32 Å². The molecule has 2 N–H and O–H groups in total. The van der Waals surface area contributed by atoms with E-state index in [0.717, 1.165) is 4.90 Å². The van der Waals surface area contributed by atoms with Crippen LogP contribution in [0.2, 0.25) is 0 Å². The molecular formula is C10H14N2O4. The maximum atomic E-state index is 12.0. The number of carbonyl (C=O) groups is 3. The molecule has 1 saturated carbocycles. The van der Waals surface area contributed by atoms with Gasteiger partial charge in [0.1, 0.15) is 5.78 Å². The summed E-state index contributed by atoms with van der Waals surface area (Å²) in [6.07, 6.45) is 0.323. The third-order valence-corrected chi connectivity index (χ3v) is 3.35. The number of piperazine rings is 1. The number of carboxylic acid groups (broad SMARTS) is 1. The fraction of sp³-hybridized carbons (Fsp3) is 0.700. The van der Waals surface area contributed by atoms with Crippen molar-refractivity contribution in [3.8, 4) is 0 Å². The van der Waals surface area contributed by atoms with Crippen molar-refractivity contribution in [2.45, 2.75) is 31.2 Å². The largest absolute Gasteiger partial charge is 0.465 e. The van der Waals surface area contributed by atoms with E-state index in [0.29, 0.717) is 32.2 Å². The minimum atomic E-state index is -1.21. The van der Waals surface area contributed by atoms with Gasteiger partial charge in [-0.15, -0.1) is 0 Å². The molecule has 0 aromatic rings. The number of Topliss-reactive ketones (excluding diaryl/α,β-unsaturated/α-hetero) is 1. The van der Waals surface area contributed by atoms with Crippen molar-refractivity contribution in [1.29, 1.82) is 0 Å². The molecule has 0 atom stereocenters. The second kappa shape index (κ2) is 3.86. The van der Waals surface area contributed by atoms with Crippen LogP contribution in [0.4, 0.5) is 4.79 Å². The molecule has 2 amide bonds. The Bertz CT molecular complexity index is 343. The van der Waals surface area contributed by atoms with Gasteiger partial charge in [0.2, 0.25) is 0 Å². The van der Waals surface area contributed by atoms with Crippen molar-refractivity contribution in [2.75, 3.05) is 13.1 Å². The highest BCUT2D eigenvalue weighted by Crippen LogP contribution is 2.30. The number of ketones is 1. The van der Waals surface area contributed by atoms with E-state index in [9.17, 15) is 14.4 Å². The summed E-state index contributed by atoms with van der Waals surface area (Å²) < 4.78 is 0. The predicted octanol–water partition coefficient (Wildman–Crippen LogP) is -0.0219. The Labute approximate surface area is 92.6 Å². The van der Waals surface area contributed by atoms with Gasteiger partial charge in [0.05, 0.1) is 5.54 Å². The van der Waals surface area contributed by atoms with E-state index in [1.807, 2.05) is 0 Å². The first-order chi connectivity index (χ1) is 7.55. The third-order valence-electron chi connectivity index (χ3n) is 3.35. The molecule has 6 nitrogen and oxygen atoms in total. The molecule has 0 radical (unpaired) electrons. The van der Waals surface area contributed by atoms with Crippen molar-refractivity contribution in [3.05, 3.63) is 0 Å². The third kappa shape index (κ3) is 1.69. The van der Waals surface area contributed by atoms with Crippen LogP contribution in [0.25, 0.3) is 0 Å². The molecule has 1 saturated heterocycles. The van der Waals surface area contributed by atoms with E-state index in [1.54, 1.807) is 0 Å². The van der Waals surface area contributed by atoms with E-state index in [4.69, 9.17) is 5.11 Å². The average molecular weight is 226 g/mol. The van der Waals surface area contributed by atoms with Crippen LogP contribution in [-0.4, -0.2) is 46.4 Å². The second-order valence-corrected chi connectivity index (χ2v) is 4.29. The van der Waals surface area contributed by atoms with Gasteiger partial charge in [-0.25, -0.2) is 9.69 Å². The van der Waals surface area contributed by atoms with Crippen molar-refractivity contribution >= 4 is 17.8 Å². The Balaban J connectivity index is 2.18. The monoisotopic (exact) mass is 226 g/mol. The average Bonchev–Trinajstić information content (AvgIpc) is 2.26. The van der Waals surface area contributed by atoms with Crippen molar-refractivity contribution in [3.63, 3.8) is 0 Å². The van der Waals surface area contributed by atoms with Crippen molar-refractivity contribution in [1.82, 2.24) is 10.2 Å². The van der Waals surface area contributed by atoms with E-state index in [1.165, 1.54) is 0 Å². The summed E-state index contributed by atoms with van der Waals surface area (Å²) in [7, 11) is 0. The maximum Gasteiger partial charge on any atom is 0.414 e. The van der Waals surface area contributed by atoms with Gasteiger partial charge in [0, 0.05) is 25.9 Å².